The molecule has 2 aromatic carbocycles. The number of nitrogens with two attached hydrogens (primary N) is 1. The average Bonchev–Trinajstić information content (AvgIpc) is 2.67. The van der Waals surface area contributed by atoms with Crippen molar-refractivity contribution in [1.29, 1.82) is 0 Å². The highest BCUT2D eigenvalue weighted by Gasteiger charge is 2.26. The minimum atomic E-state index is -4.02. The number of aryl methyl sites for hydroxylation is 1. The SMILES string of the molecule is Cc1ccc(S(=O)(=O)O)cc1.N[C@@H]1CCC[C@H](C(=O)OCc2ccccc2)C1. The van der Waals surface area contributed by atoms with Crippen molar-refractivity contribution in [1.82, 2.24) is 0 Å². The molecule has 1 aliphatic rings. The lowest BCUT2D eigenvalue weighted by Gasteiger charge is -2.24. The number of esters is 1. The molecule has 0 bridgehead atoms. The lowest BCUT2D eigenvalue weighted by molar-refractivity contribution is -0.151. The lowest BCUT2D eigenvalue weighted by atomic mass is 9.86. The van der Waals surface area contributed by atoms with Crippen molar-refractivity contribution in [3.63, 3.8) is 0 Å². The molecular formula is C21H27NO5S. The predicted octanol–water partition coefficient (Wildman–Crippen LogP) is 3.49. The van der Waals surface area contributed by atoms with Gasteiger partial charge in [-0.3, -0.25) is 9.35 Å². The molecule has 0 amide bonds. The van der Waals surface area contributed by atoms with E-state index in [1.807, 2.05) is 37.3 Å². The first-order chi connectivity index (χ1) is 13.3. The van der Waals surface area contributed by atoms with Crippen molar-refractivity contribution in [2.45, 2.75) is 50.2 Å². The summed E-state index contributed by atoms with van der Waals surface area (Å²) < 4.78 is 34.9. The van der Waals surface area contributed by atoms with Crippen LogP contribution in [0.5, 0.6) is 0 Å². The van der Waals surface area contributed by atoms with E-state index in [1.165, 1.54) is 12.1 Å². The fourth-order valence-electron chi connectivity index (χ4n) is 3.00. The van der Waals surface area contributed by atoms with E-state index in [2.05, 4.69) is 0 Å². The molecule has 2 aromatic rings. The smallest absolute Gasteiger partial charge is 0.309 e. The Morgan fingerprint density at radius 1 is 1.11 bits per heavy atom. The van der Waals surface area contributed by atoms with Crippen molar-refractivity contribution in [2.75, 3.05) is 0 Å². The van der Waals surface area contributed by atoms with Gasteiger partial charge in [-0.25, -0.2) is 0 Å². The van der Waals surface area contributed by atoms with Crippen LogP contribution >= 0.6 is 0 Å². The Kier molecular flexibility index (Phi) is 8.17. The third kappa shape index (κ3) is 7.42. The molecule has 0 unspecified atom stereocenters. The standard InChI is InChI=1S/C14H19NO2.C7H8O3S/c15-13-8-4-7-12(9-13)14(16)17-10-11-5-2-1-3-6-11;1-6-2-4-7(5-3-6)11(8,9)10/h1-3,5-6,12-13H,4,7-10,15H2;2-5H,1H3,(H,8,9,10)/t12-,13+;/m0./s1. The van der Waals surface area contributed by atoms with Gasteiger partial charge in [0.05, 0.1) is 10.8 Å². The normalized spacial score (nSPS) is 19.2. The van der Waals surface area contributed by atoms with Crippen molar-refractivity contribution in [2.24, 2.45) is 11.7 Å². The Morgan fingerprint density at radius 2 is 1.75 bits per heavy atom. The number of rotatable bonds is 4. The Labute approximate surface area is 166 Å². The van der Waals surface area contributed by atoms with Gasteiger partial charge in [0.25, 0.3) is 10.1 Å². The van der Waals surface area contributed by atoms with Crippen LogP contribution in [0.2, 0.25) is 0 Å². The zero-order chi connectivity index (χ0) is 20.6. The Balaban J connectivity index is 0.000000221. The second-order valence-electron chi connectivity index (χ2n) is 7.01. The number of benzene rings is 2. The summed E-state index contributed by atoms with van der Waals surface area (Å²) in [5.74, 6) is -0.0912. The van der Waals surface area contributed by atoms with E-state index in [0.29, 0.717) is 6.61 Å². The quantitative estimate of drug-likeness (QED) is 0.596. The maximum absolute atomic E-state index is 11.8. The molecule has 1 aliphatic carbocycles. The maximum atomic E-state index is 11.8. The van der Waals surface area contributed by atoms with Crippen LogP contribution < -0.4 is 5.73 Å². The molecule has 0 spiro atoms. The molecule has 152 valence electrons. The average molecular weight is 406 g/mol. The molecule has 0 aromatic heterocycles. The molecular weight excluding hydrogens is 378 g/mol. The topological polar surface area (TPSA) is 107 Å². The van der Waals surface area contributed by atoms with Crippen LogP contribution in [0.1, 0.15) is 36.8 Å². The minimum absolute atomic E-state index is 0.00228. The zero-order valence-corrected chi connectivity index (χ0v) is 16.8. The van der Waals surface area contributed by atoms with Gasteiger partial charge in [0, 0.05) is 6.04 Å². The molecule has 3 rings (SSSR count). The van der Waals surface area contributed by atoms with Gasteiger partial charge in [0.2, 0.25) is 0 Å². The first-order valence-electron chi connectivity index (χ1n) is 9.26. The number of carbonyl (C=O) groups excluding carboxylic acids is 1. The van der Waals surface area contributed by atoms with Crippen LogP contribution in [0.4, 0.5) is 0 Å². The first-order valence-corrected chi connectivity index (χ1v) is 10.7. The van der Waals surface area contributed by atoms with Crippen LogP contribution in [0.15, 0.2) is 59.5 Å². The van der Waals surface area contributed by atoms with Crippen molar-refractivity contribution in [3.8, 4) is 0 Å². The predicted molar refractivity (Wildman–Crippen MR) is 107 cm³/mol. The molecule has 2 atom stereocenters. The molecule has 28 heavy (non-hydrogen) atoms. The number of carbonyl (C=O) groups is 1. The summed E-state index contributed by atoms with van der Waals surface area (Å²) in [5, 5.41) is 0. The van der Waals surface area contributed by atoms with E-state index >= 15 is 0 Å². The number of hydrogen-bond donors (Lipinski definition) is 2. The summed E-state index contributed by atoms with van der Waals surface area (Å²) in [5.41, 5.74) is 7.85. The highest BCUT2D eigenvalue weighted by Crippen LogP contribution is 2.24. The zero-order valence-electron chi connectivity index (χ0n) is 16.0. The van der Waals surface area contributed by atoms with E-state index in [1.54, 1.807) is 12.1 Å². The largest absolute Gasteiger partial charge is 0.461 e. The van der Waals surface area contributed by atoms with E-state index in [0.717, 1.165) is 36.8 Å². The van der Waals surface area contributed by atoms with E-state index in [4.69, 9.17) is 15.0 Å². The molecule has 6 nitrogen and oxygen atoms in total. The molecule has 0 aliphatic heterocycles. The van der Waals surface area contributed by atoms with Gasteiger partial charge in [-0.05, 0) is 43.9 Å². The Hall–Kier alpha value is -2.22. The molecule has 7 heteroatoms. The summed E-state index contributed by atoms with van der Waals surface area (Å²) >= 11 is 0. The fraction of sp³-hybridized carbons (Fsp3) is 0.381. The highest BCUT2D eigenvalue weighted by molar-refractivity contribution is 7.85. The van der Waals surface area contributed by atoms with Gasteiger partial charge in [-0.2, -0.15) is 8.42 Å². The summed E-state index contributed by atoms with van der Waals surface area (Å²) in [6, 6.07) is 15.9. The van der Waals surface area contributed by atoms with Gasteiger partial charge in [-0.1, -0.05) is 54.4 Å². The fourth-order valence-corrected chi connectivity index (χ4v) is 3.48. The molecule has 3 N–H and O–H groups in total. The first kappa shape index (κ1) is 22.1. The van der Waals surface area contributed by atoms with Gasteiger partial charge >= 0.3 is 5.97 Å². The summed E-state index contributed by atoms with van der Waals surface area (Å²) in [6.45, 7) is 2.21. The second kappa shape index (κ2) is 10.4. The van der Waals surface area contributed by atoms with Crippen LogP contribution in [0.25, 0.3) is 0 Å². The van der Waals surface area contributed by atoms with E-state index in [9.17, 15) is 13.2 Å². The third-order valence-electron chi connectivity index (χ3n) is 4.59. The van der Waals surface area contributed by atoms with Crippen LogP contribution in [-0.2, 0) is 26.3 Å². The summed E-state index contributed by atoms with van der Waals surface area (Å²) in [7, 11) is -4.02. The highest BCUT2D eigenvalue weighted by atomic mass is 32.2. The summed E-state index contributed by atoms with van der Waals surface area (Å²) in [6.07, 6.45) is 3.75. The van der Waals surface area contributed by atoms with Crippen molar-refractivity contribution in [3.05, 3.63) is 65.7 Å². The summed E-state index contributed by atoms with van der Waals surface area (Å²) in [4.78, 5) is 11.8. The van der Waals surface area contributed by atoms with Crippen molar-refractivity contribution >= 4 is 16.1 Å². The molecule has 1 fully saturated rings. The molecule has 0 radical (unpaired) electrons. The second-order valence-corrected chi connectivity index (χ2v) is 8.43. The Morgan fingerprint density at radius 3 is 2.32 bits per heavy atom. The minimum Gasteiger partial charge on any atom is -0.461 e. The van der Waals surface area contributed by atoms with Gasteiger partial charge in [0.15, 0.2) is 0 Å². The number of ether oxygens (including phenoxy) is 1. The lowest BCUT2D eigenvalue weighted by Crippen LogP contribution is -2.32. The third-order valence-corrected chi connectivity index (χ3v) is 5.46. The van der Waals surface area contributed by atoms with Gasteiger partial charge in [-0.15, -0.1) is 0 Å². The molecule has 0 heterocycles. The Bertz CT molecular complexity index is 850. The molecule has 0 saturated heterocycles. The van der Waals surface area contributed by atoms with Crippen LogP contribution in [-0.4, -0.2) is 25.0 Å². The van der Waals surface area contributed by atoms with Crippen LogP contribution in [0.3, 0.4) is 0 Å². The molecule has 1 saturated carbocycles. The maximum Gasteiger partial charge on any atom is 0.309 e. The monoisotopic (exact) mass is 405 g/mol. The van der Waals surface area contributed by atoms with Gasteiger partial charge < -0.3 is 10.5 Å². The number of hydrogen-bond acceptors (Lipinski definition) is 5. The van der Waals surface area contributed by atoms with Crippen LogP contribution in [0, 0.1) is 12.8 Å². The van der Waals surface area contributed by atoms with Crippen molar-refractivity contribution < 1.29 is 22.5 Å². The van der Waals surface area contributed by atoms with Gasteiger partial charge in [0.1, 0.15) is 6.61 Å². The van der Waals surface area contributed by atoms with E-state index < -0.39 is 10.1 Å². The van der Waals surface area contributed by atoms with E-state index in [-0.39, 0.29) is 22.8 Å².